The second-order valence-electron chi connectivity index (χ2n) is 10.6. The minimum absolute atomic E-state index is 0.955. The maximum Gasteiger partial charge on any atom is 0.140 e. The van der Waals surface area contributed by atoms with Crippen LogP contribution in [0.3, 0.4) is 0 Å². The molecular weight excluding hydrogens is 484 g/mol. The van der Waals surface area contributed by atoms with Gasteiger partial charge in [0.1, 0.15) is 5.82 Å². The van der Waals surface area contributed by atoms with E-state index in [1.54, 1.807) is 0 Å². The zero-order valence-electron chi connectivity index (χ0n) is 23.3. The van der Waals surface area contributed by atoms with Gasteiger partial charge in [0.25, 0.3) is 0 Å². The van der Waals surface area contributed by atoms with Gasteiger partial charge in [-0.2, -0.15) is 0 Å². The van der Waals surface area contributed by atoms with Gasteiger partial charge < -0.3 is 4.57 Å². The summed E-state index contributed by atoms with van der Waals surface area (Å²) in [5.74, 6) is 1.04. The number of hydrogen-bond acceptors (Lipinski definition) is 1. The molecule has 7 rings (SSSR count). The van der Waals surface area contributed by atoms with Crippen LogP contribution in [-0.2, 0) is 19.9 Å². The Labute approximate surface area is 235 Å². The number of rotatable bonds is 5. The molecule has 0 unspecified atom stereocenters. The Morgan fingerprint density at radius 3 is 1.57 bits per heavy atom. The molecule has 0 radical (unpaired) electrons. The van der Waals surface area contributed by atoms with Gasteiger partial charge in [-0.3, -0.25) is 0 Å². The van der Waals surface area contributed by atoms with Gasteiger partial charge in [-0.15, -0.1) is 0 Å². The fourth-order valence-corrected chi connectivity index (χ4v) is 6.45. The summed E-state index contributed by atoms with van der Waals surface area (Å²) in [7, 11) is 2.14. The molecular formula is C38H32N2. The molecule has 0 N–H and O–H groups in total. The van der Waals surface area contributed by atoms with Crippen molar-refractivity contribution in [2.75, 3.05) is 0 Å². The zero-order chi connectivity index (χ0) is 27.2. The van der Waals surface area contributed by atoms with Crippen molar-refractivity contribution in [3.63, 3.8) is 0 Å². The second-order valence-corrected chi connectivity index (χ2v) is 10.6. The summed E-state index contributed by atoms with van der Waals surface area (Å²) >= 11 is 0. The molecule has 0 bridgehead atoms. The summed E-state index contributed by atoms with van der Waals surface area (Å²) in [5.41, 5.74) is 8.73. The highest BCUT2D eigenvalue weighted by molar-refractivity contribution is 6.21. The molecule has 0 aliphatic heterocycles. The first kappa shape index (κ1) is 24.4. The summed E-state index contributed by atoms with van der Waals surface area (Å²) in [5, 5.41) is 7.63. The summed E-state index contributed by atoms with van der Waals surface area (Å²) in [6, 6.07) is 42.2. The van der Waals surface area contributed by atoms with E-state index in [-0.39, 0.29) is 0 Å². The van der Waals surface area contributed by atoms with Gasteiger partial charge in [0.15, 0.2) is 0 Å². The van der Waals surface area contributed by atoms with Crippen LogP contribution < -0.4 is 0 Å². The molecule has 0 fully saturated rings. The molecule has 0 atom stereocenters. The normalized spacial score (nSPS) is 11.6. The maximum absolute atomic E-state index is 5.00. The van der Waals surface area contributed by atoms with Crippen LogP contribution in [0, 0.1) is 0 Å². The van der Waals surface area contributed by atoms with Gasteiger partial charge >= 0.3 is 0 Å². The number of aromatic nitrogens is 2. The van der Waals surface area contributed by atoms with Crippen LogP contribution in [0.5, 0.6) is 0 Å². The van der Waals surface area contributed by atoms with E-state index in [2.05, 4.69) is 141 Å². The van der Waals surface area contributed by atoms with Gasteiger partial charge in [-0.1, -0.05) is 123 Å². The van der Waals surface area contributed by atoms with Gasteiger partial charge in [-0.25, -0.2) is 4.98 Å². The molecule has 0 spiro atoms. The average molecular weight is 517 g/mol. The van der Waals surface area contributed by atoms with Crippen LogP contribution in [0.2, 0.25) is 0 Å². The van der Waals surface area contributed by atoms with E-state index in [1.807, 2.05) is 0 Å². The first-order chi connectivity index (χ1) is 19.7. The quantitative estimate of drug-likeness (QED) is 0.208. The van der Waals surface area contributed by atoms with Crippen molar-refractivity contribution in [3.8, 4) is 33.6 Å². The molecule has 1 aromatic heterocycles. The lowest BCUT2D eigenvalue weighted by Crippen LogP contribution is -1.98. The lowest BCUT2D eigenvalue weighted by Gasteiger charge is -2.18. The average Bonchev–Trinajstić information content (AvgIpc) is 3.34. The molecule has 0 amide bonds. The standard InChI is InChI=1S/C38H32N2/c1-4-34-35(5-2)40(3)38(39-34)27-21-19-26(20-22-27)36-30-14-8-10-16-32(30)37(33-17-11-9-15-31(33)36)29-23-18-25-12-6-7-13-28(25)24-29/h6-24H,4-5H2,1-3H3. The predicted octanol–water partition coefficient (Wildman–Crippen LogP) is 10.0. The Morgan fingerprint density at radius 2 is 1.02 bits per heavy atom. The van der Waals surface area contributed by atoms with Crippen LogP contribution in [0.4, 0.5) is 0 Å². The third kappa shape index (κ3) is 3.83. The Kier molecular flexibility index (Phi) is 5.97. The topological polar surface area (TPSA) is 17.8 Å². The molecule has 0 aliphatic carbocycles. The Balaban J connectivity index is 1.45. The highest BCUT2D eigenvalue weighted by Gasteiger charge is 2.18. The maximum atomic E-state index is 5.00. The third-order valence-electron chi connectivity index (χ3n) is 8.37. The summed E-state index contributed by atoms with van der Waals surface area (Å²) in [6.45, 7) is 4.40. The molecule has 2 heteroatoms. The van der Waals surface area contributed by atoms with Crippen LogP contribution in [0.1, 0.15) is 25.2 Å². The lowest BCUT2D eigenvalue weighted by atomic mass is 9.85. The van der Waals surface area contributed by atoms with E-state index >= 15 is 0 Å². The second kappa shape index (κ2) is 9.81. The fourth-order valence-electron chi connectivity index (χ4n) is 6.45. The van der Waals surface area contributed by atoms with E-state index in [0.29, 0.717) is 0 Å². The molecule has 2 nitrogen and oxygen atoms in total. The van der Waals surface area contributed by atoms with E-state index in [9.17, 15) is 0 Å². The Bertz CT molecular complexity index is 1970. The van der Waals surface area contributed by atoms with Crippen molar-refractivity contribution < 1.29 is 0 Å². The number of hydrogen-bond donors (Lipinski definition) is 0. The molecule has 194 valence electrons. The molecule has 40 heavy (non-hydrogen) atoms. The number of aryl methyl sites for hydroxylation is 1. The minimum Gasteiger partial charge on any atom is -0.331 e. The van der Waals surface area contributed by atoms with E-state index in [0.717, 1.165) is 24.2 Å². The van der Waals surface area contributed by atoms with Crippen LogP contribution in [0.15, 0.2) is 115 Å². The SMILES string of the molecule is CCc1nc(-c2ccc(-c3c4ccccc4c(-c4ccc5ccccc5c4)c4ccccc34)cc2)n(C)c1CC. The number of nitrogens with zero attached hydrogens (tertiary/aromatic N) is 2. The predicted molar refractivity (Wildman–Crippen MR) is 171 cm³/mol. The van der Waals surface area contributed by atoms with Crippen molar-refractivity contribution >= 4 is 32.3 Å². The molecule has 6 aromatic carbocycles. The number of imidazole rings is 1. The largest absolute Gasteiger partial charge is 0.331 e. The summed E-state index contributed by atoms with van der Waals surface area (Å²) < 4.78 is 2.26. The van der Waals surface area contributed by atoms with Gasteiger partial charge in [-0.05, 0) is 73.5 Å². The molecule has 1 heterocycles. The van der Waals surface area contributed by atoms with Crippen molar-refractivity contribution in [2.24, 2.45) is 7.05 Å². The molecule has 0 saturated carbocycles. The molecule has 7 aromatic rings. The lowest BCUT2D eigenvalue weighted by molar-refractivity contribution is 0.829. The van der Waals surface area contributed by atoms with Crippen LogP contribution in [-0.4, -0.2) is 9.55 Å². The molecule has 0 aliphatic rings. The highest BCUT2D eigenvalue weighted by Crippen LogP contribution is 2.44. The van der Waals surface area contributed by atoms with Crippen LogP contribution >= 0.6 is 0 Å². The van der Waals surface area contributed by atoms with Crippen molar-refractivity contribution in [1.82, 2.24) is 9.55 Å². The first-order valence-electron chi connectivity index (χ1n) is 14.3. The fraction of sp³-hybridized carbons (Fsp3) is 0.132. The van der Waals surface area contributed by atoms with Gasteiger partial charge in [0.2, 0.25) is 0 Å². The smallest absolute Gasteiger partial charge is 0.140 e. The van der Waals surface area contributed by atoms with Crippen molar-refractivity contribution in [1.29, 1.82) is 0 Å². The first-order valence-corrected chi connectivity index (χ1v) is 14.3. The Morgan fingerprint density at radius 1 is 0.525 bits per heavy atom. The van der Waals surface area contributed by atoms with Gasteiger partial charge in [0, 0.05) is 18.3 Å². The van der Waals surface area contributed by atoms with Gasteiger partial charge in [0.05, 0.1) is 5.69 Å². The zero-order valence-corrected chi connectivity index (χ0v) is 23.3. The van der Waals surface area contributed by atoms with Crippen molar-refractivity contribution in [2.45, 2.75) is 26.7 Å². The minimum atomic E-state index is 0.955. The number of benzene rings is 6. The highest BCUT2D eigenvalue weighted by atomic mass is 15.1. The molecule has 0 saturated heterocycles. The number of fused-ring (bicyclic) bond motifs is 3. The van der Waals surface area contributed by atoms with E-state index < -0.39 is 0 Å². The van der Waals surface area contributed by atoms with E-state index in [1.165, 1.54) is 66.0 Å². The summed E-state index contributed by atoms with van der Waals surface area (Å²) in [6.07, 6.45) is 1.95. The summed E-state index contributed by atoms with van der Waals surface area (Å²) in [4.78, 5) is 5.00. The van der Waals surface area contributed by atoms with Crippen molar-refractivity contribution in [3.05, 3.63) is 127 Å². The third-order valence-corrected chi connectivity index (χ3v) is 8.37. The van der Waals surface area contributed by atoms with E-state index in [4.69, 9.17) is 4.98 Å². The monoisotopic (exact) mass is 516 g/mol. The van der Waals surface area contributed by atoms with Crippen LogP contribution in [0.25, 0.3) is 66.0 Å². The Hall–Kier alpha value is -4.69.